The Hall–Kier alpha value is -4.41. The molecule has 37 heavy (non-hydrogen) atoms. The molecule has 0 spiro atoms. The zero-order valence-electron chi connectivity index (χ0n) is 19.8. The number of halogens is 3. The monoisotopic (exact) mass is 506 g/mol. The molecule has 1 fully saturated rings. The summed E-state index contributed by atoms with van der Waals surface area (Å²) in [6.45, 7) is 3.58. The van der Waals surface area contributed by atoms with Gasteiger partial charge in [-0.3, -0.25) is 14.5 Å². The Labute approximate surface area is 210 Å². The molecule has 5 rings (SSSR count). The van der Waals surface area contributed by atoms with Crippen LogP contribution in [0.5, 0.6) is 0 Å². The normalized spacial score (nSPS) is 20.4. The summed E-state index contributed by atoms with van der Waals surface area (Å²) in [5, 5.41) is 9.69. The number of rotatable bonds is 4. The van der Waals surface area contributed by atoms with Crippen molar-refractivity contribution < 1.29 is 22.8 Å². The van der Waals surface area contributed by atoms with Crippen LogP contribution in [0.15, 0.2) is 79.0 Å². The highest BCUT2D eigenvalue weighted by Crippen LogP contribution is 2.53. The van der Waals surface area contributed by atoms with Gasteiger partial charge in [0.15, 0.2) is 0 Å². The number of alkyl halides is 3. The van der Waals surface area contributed by atoms with Crippen LogP contribution in [0.2, 0.25) is 0 Å². The molecule has 8 nitrogen and oxygen atoms in total. The third kappa shape index (κ3) is 4.26. The molecule has 2 aliphatic rings. The summed E-state index contributed by atoms with van der Waals surface area (Å²) >= 11 is 0. The number of hydrogen-bond acceptors (Lipinski definition) is 6. The molecule has 0 radical (unpaired) electrons. The third-order valence-electron chi connectivity index (χ3n) is 6.63. The minimum Gasteiger partial charge on any atom is -0.320 e. The standard InChI is InChI=1S/C26H21F3N6O2/c1-25(2)21-17(5-3-6-20(21)35(23(25)37)24-30-10-4-11-31-24)15-7-8-19(26(27,28)29)18(13-15)22(36)34-16-9-12-32-33-14-16/h3-14,17,21H,1-2H3,(H,32,34,36). The maximum atomic E-state index is 13.9. The van der Waals surface area contributed by atoms with Crippen LogP contribution in [-0.2, 0) is 11.0 Å². The summed E-state index contributed by atoms with van der Waals surface area (Å²) in [4.78, 5) is 36.4. The van der Waals surface area contributed by atoms with E-state index < -0.39 is 40.5 Å². The van der Waals surface area contributed by atoms with E-state index in [1.807, 2.05) is 6.08 Å². The summed E-state index contributed by atoms with van der Waals surface area (Å²) in [5.74, 6) is -1.84. The van der Waals surface area contributed by atoms with Crippen molar-refractivity contribution in [1.29, 1.82) is 0 Å². The van der Waals surface area contributed by atoms with Gasteiger partial charge >= 0.3 is 6.18 Å². The number of amides is 2. The number of nitrogens with zero attached hydrogens (tertiary/aromatic N) is 5. The Morgan fingerprint density at radius 1 is 1.08 bits per heavy atom. The van der Waals surface area contributed by atoms with Crippen LogP contribution in [0.25, 0.3) is 0 Å². The second kappa shape index (κ2) is 8.91. The molecule has 3 heterocycles. The lowest BCUT2D eigenvalue weighted by atomic mass is 9.68. The molecule has 2 aromatic heterocycles. The summed E-state index contributed by atoms with van der Waals surface area (Å²) in [6, 6.07) is 6.57. The van der Waals surface area contributed by atoms with Crippen molar-refractivity contribution in [2.75, 3.05) is 10.2 Å². The minimum atomic E-state index is -4.75. The van der Waals surface area contributed by atoms with Crippen LogP contribution in [0.1, 0.15) is 41.3 Å². The van der Waals surface area contributed by atoms with E-state index in [9.17, 15) is 22.8 Å². The average Bonchev–Trinajstić information content (AvgIpc) is 3.09. The molecule has 188 valence electrons. The van der Waals surface area contributed by atoms with Gasteiger partial charge < -0.3 is 5.32 Å². The van der Waals surface area contributed by atoms with Crippen molar-refractivity contribution in [2.24, 2.45) is 11.3 Å². The second-order valence-electron chi connectivity index (χ2n) is 9.28. The van der Waals surface area contributed by atoms with Crippen molar-refractivity contribution >= 4 is 23.5 Å². The van der Waals surface area contributed by atoms with Crippen LogP contribution >= 0.6 is 0 Å². The largest absolute Gasteiger partial charge is 0.417 e. The number of carbonyl (C=O) groups excluding carboxylic acids is 2. The van der Waals surface area contributed by atoms with Gasteiger partial charge in [0, 0.05) is 29.9 Å². The summed E-state index contributed by atoms with van der Waals surface area (Å²) in [6.07, 6.45) is 6.24. The second-order valence-corrected chi connectivity index (χ2v) is 9.28. The maximum absolute atomic E-state index is 13.9. The SMILES string of the molecule is CC1(C)C(=O)N(c2ncccn2)C2=CC=CC(c3ccc(C(F)(F)F)c(C(=O)Nc4ccnnc4)c3)C21. The molecule has 2 atom stereocenters. The third-order valence-corrected chi connectivity index (χ3v) is 6.63. The maximum Gasteiger partial charge on any atom is 0.417 e. The van der Waals surface area contributed by atoms with Gasteiger partial charge in [-0.1, -0.05) is 32.1 Å². The molecule has 1 aliphatic heterocycles. The van der Waals surface area contributed by atoms with E-state index in [4.69, 9.17) is 0 Å². The molecule has 0 bridgehead atoms. The fraction of sp³-hybridized carbons (Fsp3) is 0.231. The molecule has 11 heteroatoms. The predicted molar refractivity (Wildman–Crippen MR) is 128 cm³/mol. The fourth-order valence-electron chi connectivity index (χ4n) is 4.93. The predicted octanol–water partition coefficient (Wildman–Crippen LogP) is 4.76. The van der Waals surface area contributed by atoms with Gasteiger partial charge in [0.2, 0.25) is 11.9 Å². The van der Waals surface area contributed by atoms with Crippen molar-refractivity contribution in [2.45, 2.75) is 25.9 Å². The first-order valence-electron chi connectivity index (χ1n) is 11.4. The number of hydrogen-bond donors (Lipinski definition) is 1. The fourth-order valence-corrected chi connectivity index (χ4v) is 4.93. The zero-order valence-corrected chi connectivity index (χ0v) is 19.8. The number of benzene rings is 1. The topological polar surface area (TPSA) is 101 Å². The van der Waals surface area contributed by atoms with E-state index in [0.717, 1.165) is 6.07 Å². The van der Waals surface area contributed by atoms with Gasteiger partial charge in [-0.25, -0.2) is 9.97 Å². The number of allylic oxidation sites excluding steroid dienone is 4. The lowest BCUT2D eigenvalue weighted by Gasteiger charge is -2.32. The van der Waals surface area contributed by atoms with Crippen molar-refractivity contribution in [1.82, 2.24) is 20.2 Å². The molecule has 0 saturated carbocycles. The quantitative estimate of drug-likeness (QED) is 0.548. The smallest absolute Gasteiger partial charge is 0.320 e. The number of fused-ring (bicyclic) bond motifs is 1. The van der Waals surface area contributed by atoms with Crippen molar-refractivity contribution in [3.8, 4) is 0 Å². The average molecular weight is 506 g/mol. The Balaban J connectivity index is 1.57. The van der Waals surface area contributed by atoms with Crippen LogP contribution in [0.3, 0.4) is 0 Å². The zero-order chi connectivity index (χ0) is 26.4. The van der Waals surface area contributed by atoms with Gasteiger partial charge in [0.05, 0.1) is 34.6 Å². The molecule has 2 amide bonds. The summed E-state index contributed by atoms with van der Waals surface area (Å²) in [5.41, 5.74) is -1.20. The lowest BCUT2D eigenvalue weighted by Crippen LogP contribution is -2.33. The van der Waals surface area contributed by atoms with E-state index in [0.29, 0.717) is 11.3 Å². The van der Waals surface area contributed by atoms with Gasteiger partial charge in [-0.2, -0.15) is 23.4 Å². The van der Waals surface area contributed by atoms with Gasteiger partial charge in [-0.05, 0) is 35.9 Å². The highest BCUT2D eigenvalue weighted by Gasteiger charge is 2.55. The van der Waals surface area contributed by atoms with Crippen LogP contribution in [-0.4, -0.2) is 32.0 Å². The van der Waals surface area contributed by atoms with E-state index in [2.05, 4.69) is 25.5 Å². The number of aromatic nitrogens is 4. The van der Waals surface area contributed by atoms with Gasteiger partial charge in [-0.15, -0.1) is 0 Å². The van der Waals surface area contributed by atoms with Crippen molar-refractivity contribution in [3.05, 3.63) is 95.7 Å². The molecule has 1 saturated heterocycles. The Bertz CT molecular complexity index is 1420. The first-order chi connectivity index (χ1) is 17.6. The Kier molecular flexibility index (Phi) is 5.85. The molecule has 2 unspecified atom stereocenters. The first-order valence-corrected chi connectivity index (χ1v) is 11.4. The van der Waals surface area contributed by atoms with Crippen LogP contribution in [0, 0.1) is 11.3 Å². The van der Waals surface area contributed by atoms with Gasteiger partial charge in [0.25, 0.3) is 5.91 Å². The van der Waals surface area contributed by atoms with E-state index in [-0.39, 0.29) is 17.5 Å². The Morgan fingerprint density at radius 3 is 2.51 bits per heavy atom. The highest BCUT2D eigenvalue weighted by atomic mass is 19.4. The Morgan fingerprint density at radius 2 is 1.84 bits per heavy atom. The number of anilines is 2. The van der Waals surface area contributed by atoms with E-state index in [1.54, 1.807) is 32.1 Å². The summed E-state index contributed by atoms with van der Waals surface area (Å²) < 4.78 is 41.6. The molecule has 1 aromatic carbocycles. The highest BCUT2D eigenvalue weighted by molar-refractivity contribution is 6.06. The summed E-state index contributed by atoms with van der Waals surface area (Å²) in [7, 11) is 0. The van der Waals surface area contributed by atoms with E-state index >= 15 is 0 Å². The molecule has 1 N–H and O–H groups in total. The van der Waals surface area contributed by atoms with Crippen LogP contribution in [0.4, 0.5) is 24.8 Å². The van der Waals surface area contributed by atoms with Gasteiger partial charge in [0.1, 0.15) is 0 Å². The molecular weight excluding hydrogens is 485 g/mol. The minimum absolute atomic E-state index is 0.210. The van der Waals surface area contributed by atoms with E-state index in [1.165, 1.54) is 47.9 Å². The number of nitrogens with one attached hydrogen (secondary N) is 1. The lowest BCUT2D eigenvalue weighted by molar-refractivity contribution is -0.137. The molecule has 1 aliphatic carbocycles. The number of carbonyl (C=O) groups is 2. The first kappa shape index (κ1) is 24.3. The molecular formula is C26H21F3N6O2. The molecule has 3 aromatic rings. The van der Waals surface area contributed by atoms with Crippen molar-refractivity contribution in [3.63, 3.8) is 0 Å². The van der Waals surface area contributed by atoms with Crippen LogP contribution < -0.4 is 10.2 Å².